The van der Waals surface area contributed by atoms with Gasteiger partial charge in [0.2, 0.25) is 0 Å². The smallest absolute Gasteiger partial charge is 0.307 e. The van der Waals surface area contributed by atoms with Gasteiger partial charge < -0.3 is 10.1 Å². The van der Waals surface area contributed by atoms with E-state index in [0.717, 1.165) is 30.5 Å². The third-order valence-corrected chi connectivity index (χ3v) is 3.71. The van der Waals surface area contributed by atoms with Crippen molar-refractivity contribution in [2.75, 3.05) is 19.0 Å². The number of carbonyl (C=O) groups is 1. The molecule has 2 atom stereocenters. The van der Waals surface area contributed by atoms with Gasteiger partial charge in [-0.3, -0.25) is 4.79 Å². The maximum absolute atomic E-state index is 11.3. The Hall–Kier alpha value is -2.53. The number of nitriles is 2. The summed E-state index contributed by atoms with van der Waals surface area (Å²) in [4.78, 5) is 11.3. The summed E-state index contributed by atoms with van der Waals surface area (Å²) in [5.41, 5.74) is 1.69. The minimum absolute atomic E-state index is 0.000748. The summed E-state index contributed by atoms with van der Waals surface area (Å²) in [6.45, 7) is 2.72. The van der Waals surface area contributed by atoms with Gasteiger partial charge in [-0.2, -0.15) is 10.5 Å². The number of hydrogen-bond donors (Lipinski definition) is 1. The van der Waals surface area contributed by atoms with Crippen molar-refractivity contribution in [3.63, 3.8) is 0 Å². The van der Waals surface area contributed by atoms with Gasteiger partial charge in [0, 0.05) is 12.2 Å². The summed E-state index contributed by atoms with van der Waals surface area (Å²) in [6.07, 6.45) is 3.08. The number of hydrogen-bond acceptors (Lipinski definition) is 5. The fraction of sp³-hybridized carbons (Fsp3) is 0.500. The molecule has 2 unspecified atom stereocenters. The second-order valence-electron chi connectivity index (χ2n) is 5.43. The van der Waals surface area contributed by atoms with E-state index in [0.29, 0.717) is 6.54 Å². The highest BCUT2D eigenvalue weighted by Crippen LogP contribution is 2.21. The summed E-state index contributed by atoms with van der Waals surface area (Å²) >= 11 is 0. The van der Waals surface area contributed by atoms with Crippen molar-refractivity contribution in [3.8, 4) is 12.1 Å². The summed E-state index contributed by atoms with van der Waals surface area (Å²) in [5.74, 6) is -0.903. The predicted molar refractivity (Wildman–Crippen MR) is 88.5 cm³/mol. The number of nitrogens with one attached hydrogen (secondary N) is 1. The lowest BCUT2D eigenvalue weighted by molar-refractivity contribution is -0.140. The number of rotatable bonds is 9. The summed E-state index contributed by atoms with van der Waals surface area (Å²) in [7, 11) is 1.31. The molecule has 5 nitrogen and oxygen atoms in total. The standard InChI is InChI=1S/C18H23N3O2/c1-3-4-5-14(11-19)13-21-17-8-6-15(7-9-17)16(12-20)10-18(22)23-2/h6-9,14,16,21H,3-5,10,13H2,1-2H3. The van der Waals surface area contributed by atoms with Crippen LogP contribution in [0.5, 0.6) is 0 Å². The van der Waals surface area contributed by atoms with Gasteiger partial charge >= 0.3 is 5.97 Å². The van der Waals surface area contributed by atoms with Gasteiger partial charge in [-0.25, -0.2) is 0 Å². The third-order valence-electron chi connectivity index (χ3n) is 3.71. The van der Waals surface area contributed by atoms with Crippen LogP contribution in [0, 0.1) is 28.6 Å². The minimum atomic E-state index is -0.507. The molecule has 1 rings (SSSR count). The van der Waals surface area contributed by atoms with Gasteiger partial charge in [0.15, 0.2) is 0 Å². The fourth-order valence-electron chi connectivity index (χ4n) is 2.23. The highest BCUT2D eigenvalue weighted by atomic mass is 16.5. The van der Waals surface area contributed by atoms with E-state index in [1.807, 2.05) is 24.3 Å². The van der Waals surface area contributed by atoms with Crippen LogP contribution in [0.15, 0.2) is 24.3 Å². The molecule has 0 aliphatic rings. The molecule has 1 aromatic rings. The normalized spacial score (nSPS) is 12.5. The van der Waals surface area contributed by atoms with Crippen molar-refractivity contribution in [2.24, 2.45) is 5.92 Å². The molecule has 0 bridgehead atoms. The van der Waals surface area contributed by atoms with Crippen molar-refractivity contribution in [1.82, 2.24) is 0 Å². The molecule has 5 heteroatoms. The highest BCUT2D eigenvalue weighted by molar-refractivity contribution is 5.71. The van der Waals surface area contributed by atoms with Crippen molar-refractivity contribution < 1.29 is 9.53 Å². The number of ether oxygens (including phenoxy) is 1. The number of methoxy groups -OCH3 is 1. The van der Waals surface area contributed by atoms with E-state index in [2.05, 4.69) is 29.1 Å². The second-order valence-corrected chi connectivity index (χ2v) is 5.43. The van der Waals surface area contributed by atoms with Crippen LogP contribution in [0.1, 0.15) is 44.1 Å². The van der Waals surface area contributed by atoms with E-state index >= 15 is 0 Å². The zero-order valence-corrected chi connectivity index (χ0v) is 13.7. The number of unbranched alkanes of at least 4 members (excludes halogenated alkanes) is 1. The molecule has 0 aliphatic heterocycles. The fourth-order valence-corrected chi connectivity index (χ4v) is 2.23. The Morgan fingerprint density at radius 1 is 1.26 bits per heavy atom. The largest absolute Gasteiger partial charge is 0.469 e. The summed E-state index contributed by atoms with van der Waals surface area (Å²) in [6, 6.07) is 11.8. The SMILES string of the molecule is CCCCC(C#N)CNc1ccc(C(C#N)CC(=O)OC)cc1. The van der Waals surface area contributed by atoms with E-state index in [9.17, 15) is 10.1 Å². The molecule has 1 aromatic carbocycles. The van der Waals surface area contributed by atoms with Crippen LogP contribution in [-0.4, -0.2) is 19.6 Å². The van der Waals surface area contributed by atoms with Crippen LogP contribution in [0.25, 0.3) is 0 Å². The molecule has 1 N–H and O–H groups in total. The first kappa shape index (κ1) is 18.5. The molecule has 0 saturated carbocycles. The van der Waals surface area contributed by atoms with Crippen LogP contribution in [0.3, 0.4) is 0 Å². The lowest BCUT2D eigenvalue weighted by Crippen LogP contribution is -2.13. The van der Waals surface area contributed by atoms with E-state index in [1.54, 1.807) is 0 Å². The highest BCUT2D eigenvalue weighted by Gasteiger charge is 2.16. The van der Waals surface area contributed by atoms with Gasteiger partial charge in [-0.05, 0) is 24.1 Å². The molecular weight excluding hydrogens is 290 g/mol. The molecule has 0 aromatic heterocycles. The van der Waals surface area contributed by atoms with E-state index < -0.39 is 11.9 Å². The molecule has 122 valence electrons. The number of carbonyl (C=O) groups excluding carboxylic acids is 1. The number of nitrogens with zero attached hydrogens (tertiary/aromatic N) is 2. The molecule has 0 heterocycles. The molecule has 0 amide bonds. The zero-order chi connectivity index (χ0) is 17.1. The number of esters is 1. The Bertz CT molecular complexity index is 569. The van der Waals surface area contributed by atoms with E-state index in [1.165, 1.54) is 7.11 Å². The Morgan fingerprint density at radius 2 is 1.96 bits per heavy atom. The number of anilines is 1. The van der Waals surface area contributed by atoms with Gasteiger partial charge in [0.05, 0.1) is 37.5 Å². The van der Waals surface area contributed by atoms with Crippen LogP contribution >= 0.6 is 0 Å². The average molecular weight is 313 g/mol. The van der Waals surface area contributed by atoms with Crippen molar-refractivity contribution in [1.29, 1.82) is 10.5 Å². The Labute approximate surface area is 137 Å². The summed E-state index contributed by atoms with van der Waals surface area (Å²) < 4.78 is 4.60. The number of benzene rings is 1. The zero-order valence-electron chi connectivity index (χ0n) is 13.7. The topological polar surface area (TPSA) is 85.9 Å². The lowest BCUT2D eigenvalue weighted by atomic mass is 9.97. The van der Waals surface area contributed by atoms with Crippen molar-refractivity contribution >= 4 is 11.7 Å². The predicted octanol–water partition coefficient (Wildman–Crippen LogP) is 3.60. The molecular formula is C18H23N3O2. The van der Waals surface area contributed by atoms with Crippen LogP contribution in [-0.2, 0) is 9.53 Å². The molecule has 0 spiro atoms. The maximum Gasteiger partial charge on any atom is 0.307 e. The van der Waals surface area contributed by atoms with Crippen LogP contribution < -0.4 is 5.32 Å². The lowest BCUT2D eigenvalue weighted by Gasteiger charge is -2.13. The molecule has 0 fully saturated rings. The quantitative estimate of drug-likeness (QED) is 0.704. The van der Waals surface area contributed by atoms with Gasteiger partial charge in [-0.1, -0.05) is 31.9 Å². The van der Waals surface area contributed by atoms with Crippen molar-refractivity contribution in [3.05, 3.63) is 29.8 Å². The minimum Gasteiger partial charge on any atom is -0.469 e. The van der Waals surface area contributed by atoms with Gasteiger partial charge in [-0.15, -0.1) is 0 Å². The monoisotopic (exact) mass is 313 g/mol. The Morgan fingerprint density at radius 3 is 2.48 bits per heavy atom. The summed E-state index contributed by atoms with van der Waals surface area (Å²) in [5, 5.41) is 21.5. The molecule has 0 aliphatic carbocycles. The Kier molecular flexibility index (Phi) is 8.24. The van der Waals surface area contributed by atoms with Gasteiger partial charge in [0.25, 0.3) is 0 Å². The first-order valence-corrected chi connectivity index (χ1v) is 7.84. The van der Waals surface area contributed by atoms with Crippen LogP contribution in [0.2, 0.25) is 0 Å². The maximum atomic E-state index is 11.3. The van der Waals surface area contributed by atoms with Crippen LogP contribution in [0.4, 0.5) is 5.69 Å². The Balaban J connectivity index is 2.60. The van der Waals surface area contributed by atoms with Crippen molar-refractivity contribution in [2.45, 2.75) is 38.5 Å². The average Bonchev–Trinajstić information content (AvgIpc) is 2.60. The van der Waals surface area contributed by atoms with E-state index in [4.69, 9.17) is 5.26 Å². The molecule has 0 saturated heterocycles. The van der Waals surface area contributed by atoms with Gasteiger partial charge in [0.1, 0.15) is 0 Å². The second kappa shape index (κ2) is 10.2. The third kappa shape index (κ3) is 6.40. The molecule has 0 radical (unpaired) electrons. The first-order chi connectivity index (χ1) is 11.1. The van der Waals surface area contributed by atoms with E-state index in [-0.39, 0.29) is 12.3 Å². The first-order valence-electron chi connectivity index (χ1n) is 7.84. The molecule has 23 heavy (non-hydrogen) atoms.